The summed E-state index contributed by atoms with van der Waals surface area (Å²) in [5, 5.41) is 0. The number of hydrogen-bond donors (Lipinski definition) is 2. The Morgan fingerprint density at radius 1 is 1.38 bits per heavy atom. The van der Waals surface area contributed by atoms with Crippen LogP contribution in [0.1, 0.15) is 34.1 Å². The van der Waals surface area contributed by atoms with Crippen LogP contribution in [0.4, 0.5) is 0 Å². The third kappa shape index (κ3) is 10.0. The molecule has 0 aliphatic rings. The zero-order valence-electron chi connectivity index (χ0n) is 8.65. The highest BCUT2D eigenvalue weighted by atomic mass is 31.2. The van der Waals surface area contributed by atoms with Gasteiger partial charge in [0.15, 0.2) is 0 Å². The van der Waals surface area contributed by atoms with Crippen LogP contribution in [0.25, 0.3) is 0 Å². The molecule has 0 saturated heterocycles. The zero-order chi connectivity index (χ0) is 10.7. The van der Waals surface area contributed by atoms with Crippen LogP contribution in [0.5, 0.6) is 0 Å². The molecular weight excluding hydrogens is 191 g/mol. The number of phosphoric acid groups is 1. The molecule has 0 aromatic rings. The Kier molecular flexibility index (Phi) is 4.60. The molecule has 2 N–H and O–H groups in total. The second-order valence-electron chi connectivity index (χ2n) is 4.66. The molecule has 80 valence electrons. The highest BCUT2D eigenvalue weighted by molar-refractivity contribution is 7.46. The normalized spacial score (nSPS) is 15.8. The second kappa shape index (κ2) is 4.56. The SMILES string of the molecule is CC(COP(=O)(O)O)CC(C)(C)C. The molecular formula is C8H19O4P. The zero-order valence-corrected chi connectivity index (χ0v) is 9.54. The van der Waals surface area contributed by atoms with Crippen molar-refractivity contribution in [2.45, 2.75) is 34.1 Å². The van der Waals surface area contributed by atoms with Gasteiger partial charge in [-0.15, -0.1) is 0 Å². The van der Waals surface area contributed by atoms with E-state index in [0.29, 0.717) is 0 Å². The maximum Gasteiger partial charge on any atom is 0.469 e. The molecule has 0 aromatic heterocycles. The number of phosphoric ester groups is 1. The molecule has 0 saturated carbocycles. The molecule has 5 heteroatoms. The Morgan fingerprint density at radius 2 is 1.85 bits per heavy atom. The van der Waals surface area contributed by atoms with E-state index in [2.05, 4.69) is 25.3 Å². The van der Waals surface area contributed by atoms with Gasteiger partial charge in [0.1, 0.15) is 0 Å². The van der Waals surface area contributed by atoms with E-state index in [0.717, 1.165) is 6.42 Å². The van der Waals surface area contributed by atoms with Crippen molar-refractivity contribution in [1.29, 1.82) is 0 Å². The highest BCUT2D eigenvalue weighted by Gasteiger charge is 2.19. The van der Waals surface area contributed by atoms with Gasteiger partial charge in [-0.1, -0.05) is 27.7 Å². The van der Waals surface area contributed by atoms with E-state index in [1.54, 1.807) is 0 Å². The lowest BCUT2D eigenvalue weighted by Gasteiger charge is -2.22. The van der Waals surface area contributed by atoms with Crippen molar-refractivity contribution < 1.29 is 18.9 Å². The minimum absolute atomic E-state index is 0.113. The predicted molar refractivity (Wildman–Crippen MR) is 51.2 cm³/mol. The largest absolute Gasteiger partial charge is 0.469 e. The molecule has 0 radical (unpaired) electrons. The van der Waals surface area contributed by atoms with Gasteiger partial charge in [-0.05, 0) is 17.8 Å². The van der Waals surface area contributed by atoms with E-state index >= 15 is 0 Å². The van der Waals surface area contributed by atoms with Crippen molar-refractivity contribution >= 4 is 7.82 Å². The van der Waals surface area contributed by atoms with E-state index in [-0.39, 0.29) is 17.9 Å². The highest BCUT2D eigenvalue weighted by Crippen LogP contribution is 2.37. The first-order chi connectivity index (χ1) is 5.60. The van der Waals surface area contributed by atoms with Gasteiger partial charge in [-0.2, -0.15) is 0 Å². The van der Waals surface area contributed by atoms with Gasteiger partial charge in [0.05, 0.1) is 6.61 Å². The van der Waals surface area contributed by atoms with Crippen LogP contribution in [0.2, 0.25) is 0 Å². The van der Waals surface area contributed by atoms with Crippen LogP contribution >= 0.6 is 7.82 Å². The van der Waals surface area contributed by atoms with E-state index in [4.69, 9.17) is 9.79 Å². The molecule has 0 bridgehead atoms. The van der Waals surface area contributed by atoms with E-state index < -0.39 is 7.82 Å². The lowest BCUT2D eigenvalue weighted by atomic mass is 9.86. The molecule has 0 spiro atoms. The molecule has 1 unspecified atom stereocenters. The summed E-state index contributed by atoms with van der Waals surface area (Å²) >= 11 is 0. The minimum atomic E-state index is -4.29. The van der Waals surface area contributed by atoms with Gasteiger partial charge >= 0.3 is 7.82 Å². The first-order valence-electron chi connectivity index (χ1n) is 4.30. The molecule has 0 rings (SSSR count). The number of rotatable bonds is 4. The maximum absolute atomic E-state index is 10.4. The van der Waals surface area contributed by atoms with Gasteiger partial charge in [-0.3, -0.25) is 4.52 Å². The van der Waals surface area contributed by atoms with Crippen LogP contribution in [-0.2, 0) is 9.09 Å². The standard InChI is InChI=1S/C8H19O4P/c1-7(5-8(2,3)4)6-12-13(9,10)11/h7H,5-6H2,1-4H3,(H2,9,10,11). The Labute approximate surface area is 79.5 Å². The summed E-state index contributed by atoms with van der Waals surface area (Å²) in [7, 11) is -4.29. The second-order valence-corrected chi connectivity index (χ2v) is 5.90. The van der Waals surface area contributed by atoms with Crippen molar-refractivity contribution in [2.24, 2.45) is 11.3 Å². The molecule has 0 aliphatic carbocycles. The Bertz CT molecular complexity index is 191. The fourth-order valence-electron chi connectivity index (χ4n) is 1.33. The fraction of sp³-hybridized carbons (Fsp3) is 1.00. The Balaban J connectivity index is 3.77. The van der Waals surface area contributed by atoms with Crippen molar-refractivity contribution in [3.05, 3.63) is 0 Å². The summed E-state index contributed by atoms with van der Waals surface area (Å²) in [6, 6.07) is 0. The van der Waals surface area contributed by atoms with E-state index in [1.807, 2.05) is 6.92 Å². The number of hydrogen-bond acceptors (Lipinski definition) is 2. The fourth-order valence-corrected chi connectivity index (χ4v) is 1.78. The smallest absolute Gasteiger partial charge is 0.303 e. The summed E-state index contributed by atoms with van der Waals surface area (Å²) in [6.07, 6.45) is 0.882. The third-order valence-electron chi connectivity index (χ3n) is 1.49. The molecule has 0 amide bonds. The van der Waals surface area contributed by atoms with Crippen LogP contribution in [-0.4, -0.2) is 16.4 Å². The minimum Gasteiger partial charge on any atom is -0.303 e. The van der Waals surface area contributed by atoms with E-state index in [1.165, 1.54) is 0 Å². The van der Waals surface area contributed by atoms with Crippen LogP contribution in [0.15, 0.2) is 0 Å². The molecule has 0 aromatic carbocycles. The van der Waals surface area contributed by atoms with Gasteiger partial charge in [-0.25, -0.2) is 4.57 Å². The predicted octanol–water partition coefficient (Wildman–Crippen LogP) is 2.17. The van der Waals surface area contributed by atoms with Crippen LogP contribution in [0.3, 0.4) is 0 Å². The summed E-state index contributed by atoms with van der Waals surface area (Å²) in [5.74, 6) is 0.160. The van der Waals surface area contributed by atoms with Crippen molar-refractivity contribution in [3.8, 4) is 0 Å². The molecule has 0 fully saturated rings. The average molecular weight is 210 g/mol. The van der Waals surface area contributed by atoms with Crippen molar-refractivity contribution in [3.63, 3.8) is 0 Å². The molecule has 0 aliphatic heterocycles. The van der Waals surface area contributed by atoms with Crippen molar-refractivity contribution in [2.75, 3.05) is 6.61 Å². The first kappa shape index (κ1) is 13.1. The lowest BCUT2D eigenvalue weighted by Crippen LogP contribution is -2.14. The average Bonchev–Trinajstić information content (AvgIpc) is 1.78. The lowest BCUT2D eigenvalue weighted by molar-refractivity contribution is 0.152. The summed E-state index contributed by atoms with van der Waals surface area (Å²) in [4.78, 5) is 16.9. The molecule has 4 nitrogen and oxygen atoms in total. The maximum atomic E-state index is 10.4. The summed E-state index contributed by atoms with van der Waals surface area (Å²) in [5.41, 5.74) is 0.164. The van der Waals surface area contributed by atoms with Gasteiger partial charge in [0, 0.05) is 0 Å². The topological polar surface area (TPSA) is 66.8 Å². The van der Waals surface area contributed by atoms with Crippen LogP contribution < -0.4 is 0 Å². The Morgan fingerprint density at radius 3 is 2.15 bits per heavy atom. The molecule has 0 heterocycles. The Hall–Kier alpha value is 0.110. The van der Waals surface area contributed by atoms with E-state index in [9.17, 15) is 4.57 Å². The van der Waals surface area contributed by atoms with Gasteiger partial charge in [0.2, 0.25) is 0 Å². The van der Waals surface area contributed by atoms with Gasteiger partial charge < -0.3 is 9.79 Å². The van der Waals surface area contributed by atoms with Gasteiger partial charge in [0.25, 0.3) is 0 Å². The van der Waals surface area contributed by atoms with Crippen molar-refractivity contribution in [1.82, 2.24) is 0 Å². The van der Waals surface area contributed by atoms with Crippen LogP contribution in [0, 0.1) is 11.3 Å². The molecule has 13 heavy (non-hydrogen) atoms. The third-order valence-corrected chi connectivity index (χ3v) is 1.97. The summed E-state index contributed by atoms with van der Waals surface area (Å²) in [6.45, 7) is 8.28. The monoisotopic (exact) mass is 210 g/mol. The quantitative estimate of drug-likeness (QED) is 0.698. The first-order valence-corrected chi connectivity index (χ1v) is 5.83. The summed E-state index contributed by atoms with van der Waals surface area (Å²) < 4.78 is 14.8. The molecule has 1 atom stereocenters.